The van der Waals surface area contributed by atoms with Crippen LogP contribution in [0.3, 0.4) is 0 Å². The van der Waals surface area contributed by atoms with E-state index >= 15 is 0 Å². The minimum atomic E-state index is -0.672. The monoisotopic (exact) mass is 372 g/mol. The first-order valence-electron chi connectivity index (χ1n) is 8.07. The molecule has 27 heavy (non-hydrogen) atoms. The van der Waals surface area contributed by atoms with Crippen LogP contribution in [0.1, 0.15) is 17.3 Å². The molecule has 2 aromatic carbocycles. The molecule has 0 aromatic heterocycles. The van der Waals surface area contributed by atoms with Gasteiger partial charge in [0.1, 0.15) is 11.8 Å². The third-order valence-corrected chi connectivity index (χ3v) is 3.78. The Kier molecular flexibility index (Phi) is 6.32. The van der Waals surface area contributed by atoms with Crippen LogP contribution in [0.15, 0.2) is 42.5 Å². The van der Waals surface area contributed by atoms with Gasteiger partial charge in [-0.15, -0.1) is 0 Å². The number of benzene rings is 2. The summed E-state index contributed by atoms with van der Waals surface area (Å²) in [5.74, 6) is -0.348. The number of nitrogens with zero attached hydrogens (tertiary/aromatic N) is 1. The number of amides is 2. The second-order valence-corrected chi connectivity index (χ2v) is 5.66. The number of rotatable bonds is 7. The molecule has 0 spiro atoms. The van der Waals surface area contributed by atoms with E-state index in [4.69, 9.17) is 4.74 Å². The quantitative estimate of drug-likeness (QED) is 0.507. The number of carbonyl (C=O) groups excluding carboxylic acids is 2. The minimum absolute atomic E-state index is 0.162. The average molecular weight is 372 g/mol. The maximum absolute atomic E-state index is 12.5. The van der Waals surface area contributed by atoms with Gasteiger partial charge in [-0.25, -0.2) is 0 Å². The largest absolute Gasteiger partial charge is 0.495 e. The fraction of sp³-hybridized carbons (Fsp3) is 0.222. The zero-order valence-corrected chi connectivity index (χ0v) is 15.1. The van der Waals surface area contributed by atoms with Crippen LogP contribution in [0.5, 0.6) is 5.75 Å². The molecule has 2 aromatic rings. The van der Waals surface area contributed by atoms with E-state index < -0.39 is 16.9 Å². The van der Waals surface area contributed by atoms with Gasteiger partial charge >= 0.3 is 0 Å². The molecule has 1 atom stereocenters. The molecule has 0 aliphatic rings. The normalized spacial score (nSPS) is 11.2. The van der Waals surface area contributed by atoms with Gasteiger partial charge in [0.05, 0.1) is 17.7 Å². The Morgan fingerprint density at radius 3 is 2.56 bits per heavy atom. The fourth-order valence-corrected chi connectivity index (χ4v) is 2.36. The van der Waals surface area contributed by atoms with Crippen LogP contribution in [0.4, 0.5) is 17.1 Å². The van der Waals surface area contributed by atoms with Gasteiger partial charge in [0.15, 0.2) is 0 Å². The van der Waals surface area contributed by atoms with Crippen molar-refractivity contribution >= 4 is 28.9 Å². The van der Waals surface area contributed by atoms with Gasteiger partial charge in [0, 0.05) is 30.4 Å². The highest BCUT2D eigenvalue weighted by Gasteiger charge is 2.18. The van der Waals surface area contributed by atoms with Crippen LogP contribution in [-0.2, 0) is 4.79 Å². The molecule has 9 nitrogen and oxygen atoms in total. The molecule has 0 radical (unpaired) electrons. The van der Waals surface area contributed by atoms with Crippen molar-refractivity contribution in [1.29, 1.82) is 0 Å². The summed E-state index contributed by atoms with van der Waals surface area (Å²) in [6.45, 7) is 1.63. The summed E-state index contributed by atoms with van der Waals surface area (Å²) >= 11 is 0. The number of hydrogen-bond acceptors (Lipinski definition) is 6. The van der Waals surface area contributed by atoms with Crippen LogP contribution in [0.25, 0.3) is 0 Å². The summed E-state index contributed by atoms with van der Waals surface area (Å²) in [7, 11) is 2.94. The summed E-state index contributed by atoms with van der Waals surface area (Å²) in [6, 6.07) is 9.97. The second kappa shape index (κ2) is 8.65. The van der Waals surface area contributed by atoms with E-state index in [1.807, 2.05) is 0 Å². The lowest BCUT2D eigenvalue weighted by molar-refractivity contribution is -0.384. The lowest BCUT2D eigenvalue weighted by atomic mass is 10.1. The van der Waals surface area contributed by atoms with E-state index in [0.717, 1.165) is 0 Å². The van der Waals surface area contributed by atoms with E-state index in [1.165, 1.54) is 32.4 Å². The number of nitro groups is 1. The summed E-state index contributed by atoms with van der Waals surface area (Å²) < 4.78 is 5.13. The van der Waals surface area contributed by atoms with Crippen molar-refractivity contribution in [2.24, 2.45) is 0 Å². The number of carbonyl (C=O) groups is 2. The van der Waals surface area contributed by atoms with Crippen LogP contribution in [0, 0.1) is 10.1 Å². The Hall–Kier alpha value is -3.62. The van der Waals surface area contributed by atoms with Crippen LogP contribution >= 0.6 is 0 Å². The van der Waals surface area contributed by atoms with E-state index in [1.54, 1.807) is 31.2 Å². The van der Waals surface area contributed by atoms with Gasteiger partial charge in [-0.2, -0.15) is 0 Å². The molecule has 2 amide bonds. The van der Waals surface area contributed by atoms with Gasteiger partial charge in [0.25, 0.3) is 11.6 Å². The van der Waals surface area contributed by atoms with E-state index in [2.05, 4.69) is 16.0 Å². The number of non-ortho nitro benzene ring substituents is 1. The number of methoxy groups -OCH3 is 1. The molecule has 2 rings (SSSR count). The molecular weight excluding hydrogens is 352 g/mol. The Bertz CT molecular complexity index is 869. The van der Waals surface area contributed by atoms with Crippen molar-refractivity contribution in [3.8, 4) is 5.75 Å². The van der Waals surface area contributed by atoms with Crippen molar-refractivity contribution in [3.63, 3.8) is 0 Å². The van der Waals surface area contributed by atoms with Crippen molar-refractivity contribution in [3.05, 3.63) is 58.1 Å². The predicted molar refractivity (Wildman–Crippen MR) is 101 cm³/mol. The molecule has 0 unspecified atom stereocenters. The molecule has 3 N–H and O–H groups in total. The number of anilines is 2. The third-order valence-electron chi connectivity index (χ3n) is 3.78. The number of ether oxygens (including phenoxy) is 1. The highest BCUT2D eigenvalue weighted by molar-refractivity contribution is 5.98. The van der Waals surface area contributed by atoms with Gasteiger partial charge in [0.2, 0.25) is 5.91 Å². The van der Waals surface area contributed by atoms with Gasteiger partial charge in [-0.1, -0.05) is 6.07 Å². The third kappa shape index (κ3) is 4.94. The number of nitro benzene ring substituents is 1. The fourth-order valence-electron chi connectivity index (χ4n) is 2.36. The van der Waals surface area contributed by atoms with Crippen molar-refractivity contribution < 1.29 is 19.2 Å². The second-order valence-electron chi connectivity index (χ2n) is 5.66. The van der Waals surface area contributed by atoms with E-state index in [0.29, 0.717) is 17.0 Å². The maximum atomic E-state index is 12.5. The van der Waals surface area contributed by atoms with Crippen LogP contribution < -0.4 is 20.7 Å². The molecule has 0 saturated heterocycles. The van der Waals surface area contributed by atoms with Crippen molar-refractivity contribution in [2.75, 3.05) is 24.8 Å². The predicted octanol–water partition coefficient (Wildman–Crippen LogP) is 2.40. The Morgan fingerprint density at radius 1 is 1.19 bits per heavy atom. The Balaban J connectivity index is 2.13. The first-order valence-corrected chi connectivity index (χ1v) is 8.07. The smallest absolute Gasteiger partial charge is 0.271 e. The summed E-state index contributed by atoms with van der Waals surface area (Å²) in [5, 5.41) is 19.1. The molecule has 0 fully saturated rings. The SMILES string of the molecule is CNC(=O)c1cccc(N[C@H](C)C(=O)Nc2cc([N+](=O)[O-])ccc2OC)c1. The summed E-state index contributed by atoms with van der Waals surface area (Å²) in [4.78, 5) is 34.5. The molecular formula is C18H20N4O5. The molecule has 0 aliphatic carbocycles. The zero-order chi connectivity index (χ0) is 20.0. The highest BCUT2D eigenvalue weighted by atomic mass is 16.6. The molecule has 9 heteroatoms. The Morgan fingerprint density at radius 2 is 1.93 bits per heavy atom. The topological polar surface area (TPSA) is 123 Å². The van der Waals surface area contributed by atoms with Crippen molar-refractivity contribution in [2.45, 2.75) is 13.0 Å². The van der Waals surface area contributed by atoms with Crippen LogP contribution in [0.2, 0.25) is 0 Å². The summed E-state index contributed by atoms with van der Waals surface area (Å²) in [5.41, 5.74) is 1.08. The maximum Gasteiger partial charge on any atom is 0.271 e. The van der Waals surface area contributed by atoms with Gasteiger partial charge in [-0.05, 0) is 31.2 Å². The first kappa shape index (κ1) is 19.7. The zero-order valence-electron chi connectivity index (χ0n) is 15.1. The van der Waals surface area contributed by atoms with Gasteiger partial charge < -0.3 is 20.7 Å². The Labute approximate surface area is 155 Å². The lowest BCUT2D eigenvalue weighted by Gasteiger charge is -2.17. The van der Waals surface area contributed by atoms with E-state index in [9.17, 15) is 19.7 Å². The first-order chi connectivity index (χ1) is 12.8. The molecule has 0 saturated carbocycles. The van der Waals surface area contributed by atoms with Gasteiger partial charge in [-0.3, -0.25) is 19.7 Å². The minimum Gasteiger partial charge on any atom is -0.495 e. The van der Waals surface area contributed by atoms with E-state index in [-0.39, 0.29) is 17.3 Å². The molecule has 0 heterocycles. The van der Waals surface area contributed by atoms with Crippen molar-refractivity contribution in [1.82, 2.24) is 5.32 Å². The lowest BCUT2D eigenvalue weighted by Crippen LogP contribution is -2.32. The standard InChI is InChI=1S/C18H20N4O5/c1-11(20-13-6-4-5-12(9-13)18(24)19-2)17(23)21-15-10-14(22(25)26)7-8-16(15)27-3/h4-11,20H,1-3H3,(H,19,24)(H,21,23)/t11-/m1/s1. The molecule has 0 bridgehead atoms. The number of nitrogens with one attached hydrogen (secondary N) is 3. The summed E-state index contributed by atoms with van der Waals surface area (Å²) in [6.07, 6.45) is 0. The number of hydrogen-bond donors (Lipinski definition) is 3. The average Bonchev–Trinajstić information content (AvgIpc) is 2.67. The highest BCUT2D eigenvalue weighted by Crippen LogP contribution is 2.29. The molecule has 0 aliphatic heterocycles. The molecule has 142 valence electrons. The van der Waals surface area contributed by atoms with Crippen LogP contribution in [-0.4, -0.2) is 36.9 Å².